The third-order valence-electron chi connectivity index (χ3n) is 4.28. The van der Waals surface area contributed by atoms with E-state index in [4.69, 9.17) is 4.74 Å². The van der Waals surface area contributed by atoms with E-state index in [1.54, 1.807) is 0 Å². The molecule has 2 aliphatic heterocycles. The Morgan fingerprint density at radius 3 is 2.90 bits per heavy atom. The normalized spacial score (nSPS) is 25.0. The lowest BCUT2D eigenvalue weighted by molar-refractivity contribution is -0.136. The molecular weight excluding hydrogens is 268 g/mol. The van der Waals surface area contributed by atoms with Crippen LogP contribution in [0.1, 0.15) is 19.3 Å². The van der Waals surface area contributed by atoms with Crippen LogP contribution in [-0.4, -0.2) is 42.5 Å². The molecule has 5 nitrogen and oxygen atoms in total. The molecule has 0 aliphatic carbocycles. The van der Waals surface area contributed by atoms with E-state index in [9.17, 15) is 9.59 Å². The quantitative estimate of drug-likeness (QED) is 0.909. The number of fused-ring (bicyclic) bond motifs is 1. The zero-order valence-electron chi connectivity index (χ0n) is 12.0. The zero-order valence-corrected chi connectivity index (χ0v) is 12.0. The highest BCUT2D eigenvalue weighted by atomic mass is 16.5. The molecular formula is C16H20N2O3. The number of para-hydroxylation sites is 1. The summed E-state index contributed by atoms with van der Waals surface area (Å²) in [5.74, 6) is 1.26. The van der Waals surface area contributed by atoms with Gasteiger partial charge in [-0.1, -0.05) is 18.2 Å². The minimum atomic E-state index is 0.0224. The molecule has 2 saturated heterocycles. The van der Waals surface area contributed by atoms with E-state index in [1.807, 2.05) is 35.2 Å². The molecule has 3 rings (SSSR count). The number of carbonyl (C=O) groups is 2. The van der Waals surface area contributed by atoms with Gasteiger partial charge in [-0.15, -0.1) is 0 Å². The molecule has 1 aromatic carbocycles. The summed E-state index contributed by atoms with van der Waals surface area (Å²) in [6.07, 6.45) is 2.29. The van der Waals surface area contributed by atoms with E-state index >= 15 is 0 Å². The molecule has 1 N–H and O–H groups in total. The van der Waals surface area contributed by atoms with Crippen LogP contribution in [0.2, 0.25) is 0 Å². The van der Waals surface area contributed by atoms with Gasteiger partial charge < -0.3 is 15.0 Å². The maximum atomic E-state index is 12.2. The van der Waals surface area contributed by atoms with Gasteiger partial charge in [0.05, 0.1) is 0 Å². The molecule has 21 heavy (non-hydrogen) atoms. The van der Waals surface area contributed by atoms with Gasteiger partial charge in [0.15, 0.2) is 6.61 Å². The highest BCUT2D eigenvalue weighted by molar-refractivity contribution is 5.79. The van der Waals surface area contributed by atoms with Gasteiger partial charge in [0.2, 0.25) is 5.91 Å². The number of likely N-dealkylation sites (tertiary alicyclic amines) is 1. The summed E-state index contributed by atoms with van der Waals surface area (Å²) in [6, 6.07) is 9.61. The second-order valence-corrected chi connectivity index (χ2v) is 5.70. The molecule has 1 aromatic rings. The SMILES string of the molecule is O=C1CCC2CN(C(=O)COc3ccccc3)CCC2N1. The monoisotopic (exact) mass is 288 g/mol. The van der Waals surface area contributed by atoms with Crippen molar-refractivity contribution in [2.24, 2.45) is 5.92 Å². The maximum Gasteiger partial charge on any atom is 0.260 e. The fraction of sp³-hybridized carbons (Fsp3) is 0.500. The predicted octanol–water partition coefficient (Wildman–Crippen LogP) is 1.19. The molecule has 2 fully saturated rings. The van der Waals surface area contributed by atoms with E-state index in [0.29, 0.717) is 24.6 Å². The molecule has 2 unspecified atom stereocenters. The minimum absolute atomic E-state index is 0.0224. The summed E-state index contributed by atoms with van der Waals surface area (Å²) in [4.78, 5) is 25.5. The van der Waals surface area contributed by atoms with Crippen LogP contribution >= 0.6 is 0 Å². The summed E-state index contributed by atoms with van der Waals surface area (Å²) < 4.78 is 5.51. The first-order chi connectivity index (χ1) is 10.2. The maximum absolute atomic E-state index is 12.2. The Balaban J connectivity index is 1.51. The first-order valence-corrected chi connectivity index (χ1v) is 7.47. The molecule has 0 radical (unpaired) electrons. The number of hydrogen-bond acceptors (Lipinski definition) is 3. The van der Waals surface area contributed by atoms with Crippen LogP contribution in [0, 0.1) is 5.92 Å². The zero-order chi connectivity index (χ0) is 14.7. The Bertz CT molecular complexity index is 518. The van der Waals surface area contributed by atoms with E-state index < -0.39 is 0 Å². The van der Waals surface area contributed by atoms with Crippen molar-refractivity contribution in [1.82, 2.24) is 10.2 Å². The predicted molar refractivity (Wildman–Crippen MR) is 77.8 cm³/mol. The largest absolute Gasteiger partial charge is 0.484 e. The van der Waals surface area contributed by atoms with Crippen molar-refractivity contribution in [2.75, 3.05) is 19.7 Å². The van der Waals surface area contributed by atoms with Gasteiger partial charge in [0.1, 0.15) is 5.75 Å². The summed E-state index contributed by atoms with van der Waals surface area (Å²) in [7, 11) is 0. The number of amides is 2. The van der Waals surface area contributed by atoms with Crippen molar-refractivity contribution < 1.29 is 14.3 Å². The molecule has 0 saturated carbocycles. The molecule has 2 amide bonds. The Kier molecular flexibility index (Phi) is 4.08. The van der Waals surface area contributed by atoms with Crippen LogP contribution in [0.15, 0.2) is 30.3 Å². The number of nitrogens with one attached hydrogen (secondary N) is 1. The van der Waals surface area contributed by atoms with E-state index in [1.165, 1.54) is 0 Å². The van der Waals surface area contributed by atoms with Gasteiger partial charge in [0, 0.05) is 25.6 Å². The average molecular weight is 288 g/mol. The Labute approximate surface area is 124 Å². The van der Waals surface area contributed by atoms with E-state index in [-0.39, 0.29) is 24.5 Å². The van der Waals surface area contributed by atoms with Gasteiger partial charge in [-0.05, 0) is 30.9 Å². The smallest absolute Gasteiger partial charge is 0.260 e. The van der Waals surface area contributed by atoms with Crippen molar-refractivity contribution in [3.05, 3.63) is 30.3 Å². The van der Waals surface area contributed by atoms with E-state index in [2.05, 4.69) is 5.32 Å². The third-order valence-corrected chi connectivity index (χ3v) is 4.28. The number of carbonyl (C=O) groups excluding carboxylic acids is 2. The standard InChI is InChI=1S/C16H20N2O3/c19-15-7-6-12-10-18(9-8-14(12)17-15)16(20)11-21-13-4-2-1-3-5-13/h1-5,12,14H,6-11H2,(H,17,19). The topological polar surface area (TPSA) is 58.6 Å². The van der Waals surface area contributed by atoms with Crippen molar-refractivity contribution in [2.45, 2.75) is 25.3 Å². The van der Waals surface area contributed by atoms with Gasteiger partial charge in [-0.25, -0.2) is 0 Å². The number of benzene rings is 1. The lowest BCUT2D eigenvalue weighted by atomic mass is 9.85. The number of rotatable bonds is 3. The number of ether oxygens (including phenoxy) is 1. The second-order valence-electron chi connectivity index (χ2n) is 5.70. The molecule has 2 heterocycles. The first-order valence-electron chi connectivity index (χ1n) is 7.47. The fourth-order valence-electron chi connectivity index (χ4n) is 3.09. The number of hydrogen-bond donors (Lipinski definition) is 1. The molecule has 5 heteroatoms. The third kappa shape index (κ3) is 3.35. The van der Waals surface area contributed by atoms with Gasteiger partial charge >= 0.3 is 0 Å². The molecule has 2 aliphatic rings. The van der Waals surface area contributed by atoms with E-state index in [0.717, 1.165) is 19.4 Å². The molecule has 112 valence electrons. The fourth-order valence-corrected chi connectivity index (χ4v) is 3.09. The number of nitrogens with zero attached hydrogens (tertiary/aromatic N) is 1. The Morgan fingerprint density at radius 2 is 2.10 bits per heavy atom. The van der Waals surface area contributed by atoms with Crippen LogP contribution in [-0.2, 0) is 9.59 Å². The summed E-state index contributed by atoms with van der Waals surface area (Å²) in [5.41, 5.74) is 0. The van der Waals surface area contributed by atoms with Crippen LogP contribution < -0.4 is 10.1 Å². The Hall–Kier alpha value is -2.04. The number of piperidine rings is 2. The summed E-state index contributed by atoms with van der Waals surface area (Å²) >= 11 is 0. The molecule has 0 bridgehead atoms. The van der Waals surface area contributed by atoms with Gasteiger partial charge in [0.25, 0.3) is 5.91 Å². The molecule has 0 aromatic heterocycles. The average Bonchev–Trinajstić information content (AvgIpc) is 2.53. The second kappa shape index (κ2) is 6.16. The highest BCUT2D eigenvalue weighted by Gasteiger charge is 2.35. The lowest BCUT2D eigenvalue weighted by Gasteiger charge is -2.41. The van der Waals surface area contributed by atoms with Crippen LogP contribution in [0.5, 0.6) is 5.75 Å². The van der Waals surface area contributed by atoms with Crippen molar-refractivity contribution in [3.8, 4) is 5.75 Å². The molecule has 0 spiro atoms. The first kappa shape index (κ1) is 13.9. The summed E-state index contributed by atoms with van der Waals surface area (Å²) in [5, 5.41) is 3.03. The van der Waals surface area contributed by atoms with Crippen molar-refractivity contribution in [3.63, 3.8) is 0 Å². The minimum Gasteiger partial charge on any atom is -0.484 e. The lowest BCUT2D eigenvalue weighted by Crippen LogP contribution is -2.55. The van der Waals surface area contributed by atoms with Crippen molar-refractivity contribution in [1.29, 1.82) is 0 Å². The highest BCUT2D eigenvalue weighted by Crippen LogP contribution is 2.25. The molecule has 2 atom stereocenters. The van der Waals surface area contributed by atoms with Gasteiger partial charge in [-0.2, -0.15) is 0 Å². The van der Waals surface area contributed by atoms with Gasteiger partial charge in [-0.3, -0.25) is 9.59 Å². The van der Waals surface area contributed by atoms with Crippen molar-refractivity contribution >= 4 is 11.8 Å². The van der Waals surface area contributed by atoms with Crippen LogP contribution in [0.4, 0.5) is 0 Å². The van der Waals surface area contributed by atoms with Crippen LogP contribution in [0.25, 0.3) is 0 Å². The van der Waals surface area contributed by atoms with Crippen LogP contribution in [0.3, 0.4) is 0 Å². The summed E-state index contributed by atoms with van der Waals surface area (Å²) in [6.45, 7) is 1.49. The Morgan fingerprint density at radius 1 is 1.29 bits per heavy atom.